The molecule has 0 aliphatic carbocycles. The quantitative estimate of drug-likeness (QED) is 0.578. The number of anilines is 1. The number of primary sulfonamides is 1. The van der Waals surface area contributed by atoms with E-state index in [2.05, 4.69) is 10.6 Å². The minimum atomic E-state index is -4.22. The van der Waals surface area contributed by atoms with Crippen molar-refractivity contribution in [1.82, 2.24) is 5.32 Å². The highest BCUT2D eigenvalue weighted by atomic mass is 35.5. The highest BCUT2D eigenvalue weighted by molar-refractivity contribution is 7.89. The van der Waals surface area contributed by atoms with Crippen molar-refractivity contribution in [2.75, 3.05) is 18.5 Å². The van der Waals surface area contributed by atoms with Gasteiger partial charge >= 0.3 is 0 Å². The Kier molecular flexibility index (Phi) is 7.00. The van der Waals surface area contributed by atoms with Gasteiger partial charge in [0.05, 0.1) is 22.5 Å². The molecule has 1 saturated heterocycles. The van der Waals surface area contributed by atoms with Crippen LogP contribution >= 0.6 is 11.6 Å². The molecule has 3 rings (SSSR count). The second kappa shape index (κ2) is 9.35. The van der Waals surface area contributed by atoms with Crippen molar-refractivity contribution in [3.8, 4) is 0 Å². The molecule has 0 aromatic heterocycles. The number of hydrogen-bond acceptors (Lipinski definition) is 5. The minimum absolute atomic E-state index is 0.00516. The fourth-order valence-corrected chi connectivity index (χ4v) is 4.34. The Bertz CT molecular complexity index is 1100. The van der Waals surface area contributed by atoms with Crippen molar-refractivity contribution in [3.05, 3.63) is 58.6 Å². The van der Waals surface area contributed by atoms with Gasteiger partial charge in [0.1, 0.15) is 0 Å². The monoisotopic (exact) mass is 465 g/mol. The molecule has 2 aromatic rings. The molecule has 1 heterocycles. The van der Waals surface area contributed by atoms with Crippen LogP contribution in [0.1, 0.15) is 35.7 Å². The van der Waals surface area contributed by atoms with Crippen LogP contribution in [0.2, 0.25) is 5.02 Å². The zero-order chi connectivity index (χ0) is 22.6. The third-order valence-electron chi connectivity index (χ3n) is 5.05. The van der Waals surface area contributed by atoms with E-state index < -0.39 is 27.4 Å². The van der Waals surface area contributed by atoms with Crippen LogP contribution in [0.5, 0.6) is 0 Å². The number of rotatable bonds is 7. The second-order valence-electron chi connectivity index (χ2n) is 7.66. The van der Waals surface area contributed by atoms with Crippen LogP contribution in [0.3, 0.4) is 0 Å². The van der Waals surface area contributed by atoms with Gasteiger partial charge in [0.2, 0.25) is 15.9 Å². The summed E-state index contributed by atoms with van der Waals surface area (Å²) in [5, 5.41) is 11.1. The number of hydrogen-bond donors (Lipinski definition) is 3. The molecule has 0 saturated carbocycles. The molecule has 10 heteroatoms. The second-order valence-corrected chi connectivity index (χ2v) is 9.59. The topological polar surface area (TPSA) is 128 Å². The summed E-state index contributed by atoms with van der Waals surface area (Å²) in [5.74, 6) is -0.980. The van der Waals surface area contributed by atoms with Gasteiger partial charge in [-0.3, -0.25) is 9.59 Å². The molecular weight excluding hydrogens is 442 g/mol. The normalized spacial score (nSPS) is 18.5. The Morgan fingerprint density at radius 2 is 1.97 bits per heavy atom. The summed E-state index contributed by atoms with van der Waals surface area (Å²) >= 11 is 6.07. The zero-order valence-corrected chi connectivity index (χ0v) is 18.6. The first kappa shape index (κ1) is 23.2. The predicted octanol–water partition coefficient (Wildman–Crippen LogP) is 2.47. The van der Waals surface area contributed by atoms with E-state index >= 15 is 0 Å². The van der Waals surface area contributed by atoms with Crippen LogP contribution in [-0.4, -0.2) is 39.0 Å². The maximum Gasteiger partial charge on any atom is 0.252 e. The number of nitrogens with two attached hydrogens (primary N) is 1. The van der Waals surface area contributed by atoms with Crippen molar-refractivity contribution in [1.29, 1.82) is 0 Å². The summed E-state index contributed by atoms with van der Waals surface area (Å²) in [6.07, 6.45) is 1.70. The van der Waals surface area contributed by atoms with E-state index in [4.69, 9.17) is 21.5 Å². The van der Waals surface area contributed by atoms with Gasteiger partial charge < -0.3 is 15.4 Å². The van der Waals surface area contributed by atoms with Gasteiger partial charge in [-0.15, -0.1) is 0 Å². The smallest absolute Gasteiger partial charge is 0.252 e. The van der Waals surface area contributed by atoms with Crippen molar-refractivity contribution < 1.29 is 22.7 Å². The lowest BCUT2D eigenvalue weighted by Gasteiger charge is -2.23. The van der Waals surface area contributed by atoms with E-state index in [9.17, 15) is 18.0 Å². The molecule has 1 atom stereocenters. The molecular formula is C21H24ClN3O5S. The first-order valence-electron chi connectivity index (χ1n) is 9.70. The fraction of sp³-hybridized carbons (Fsp3) is 0.333. The van der Waals surface area contributed by atoms with Gasteiger partial charge in [0.15, 0.2) is 0 Å². The van der Waals surface area contributed by atoms with Crippen LogP contribution in [0.25, 0.3) is 0 Å². The number of nitrogens with one attached hydrogen (secondary N) is 2. The number of sulfonamides is 1. The number of amides is 2. The standard InChI is InChI=1S/C21H24ClN3O5S/c1-21(9-4-10-30-21)13-24-20(27)16-8-7-15(12-18(16)31(23,28)29)25-19(26)11-14-5-2-3-6-17(14)22/h2-3,5-8,12H,4,9-11,13H2,1H3,(H,24,27)(H,25,26)(H2,23,28,29). The predicted molar refractivity (Wildman–Crippen MR) is 118 cm³/mol. The van der Waals surface area contributed by atoms with Gasteiger partial charge in [-0.1, -0.05) is 29.8 Å². The highest BCUT2D eigenvalue weighted by Crippen LogP contribution is 2.25. The average molecular weight is 466 g/mol. The molecule has 4 N–H and O–H groups in total. The molecule has 1 fully saturated rings. The van der Waals surface area contributed by atoms with Gasteiger partial charge in [-0.25, -0.2) is 13.6 Å². The Balaban J connectivity index is 1.76. The first-order chi connectivity index (χ1) is 14.6. The van der Waals surface area contributed by atoms with E-state index in [1.807, 2.05) is 6.92 Å². The van der Waals surface area contributed by atoms with E-state index in [0.29, 0.717) is 17.2 Å². The molecule has 8 nitrogen and oxygen atoms in total. The highest BCUT2D eigenvalue weighted by Gasteiger charge is 2.31. The molecule has 2 amide bonds. The van der Waals surface area contributed by atoms with Crippen molar-refractivity contribution >= 4 is 39.1 Å². The number of carbonyl (C=O) groups excluding carboxylic acids is 2. The minimum Gasteiger partial charge on any atom is -0.373 e. The van der Waals surface area contributed by atoms with Gasteiger partial charge in [0, 0.05) is 23.9 Å². The van der Waals surface area contributed by atoms with Crippen molar-refractivity contribution in [2.24, 2.45) is 5.14 Å². The molecule has 0 spiro atoms. The SMILES string of the molecule is CC1(CNC(=O)c2ccc(NC(=O)Cc3ccccc3Cl)cc2S(N)(=O)=O)CCCO1. The van der Waals surface area contributed by atoms with Crippen molar-refractivity contribution in [2.45, 2.75) is 36.7 Å². The van der Waals surface area contributed by atoms with Gasteiger partial charge in [0.25, 0.3) is 5.91 Å². The summed E-state index contributed by atoms with van der Waals surface area (Å²) in [5.41, 5.74) is 0.244. The molecule has 0 radical (unpaired) electrons. The van der Waals surface area contributed by atoms with E-state index in [0.717, 1.165) is 12.8 Å². The fourth-order valence-electron chi connectivity index (χ4n) is 3.38. The number of ether oxygens (including phenoxy) is 1. The van der Waals surface area contributed by atoms with Crippen LogP contribution in [-0.2, 0) is 26.0 Å². The Labute approximate surface area is 186 Å². The summed E-state index contributed by atoms with van der Waals surface area (Å²) in [7, 11) is -4.22. The lowest BCUT2D eigenvalue weighted by Crippen LogP contribution is -2.40. The molecule has 166 valence electrons. The Morgan fingerprint density at radius 1 is 1.23 bits per heavy atom. The van der Waals surface area contributed by atoms with Crippen LogP contribution in [0.4, 0.5) is 5.69 Å². The third kappa shape index (κ3) is 6.04. The average Bonchev–Trinajstić information content (AvgIpc) is 3.14. The van der Waals surface area contributed by atoms with E-state index in [1.165, 1.54) is 18.2 Å². The number of halogens is 1. The molecule has 0 bridgehead atoms. The van der Waals surface area contributed by atoms with Crippen molar-refractivity contribution in [3.63, 3.8) is 0 Å². The molecule has 1 aliphatic rings. The largest absolute Gasteiger partial charge is 0.373 e. The molecule has 31 heavy (non-hydrogen) atoms. The van der Waals surface area contributed by atoms with E-state index in [1.54, 1.807) is 24.3 Å². The Hall–Kier alpha value is -2.46. The summed E-state index contributed by atoms with van der Waals surface area (Å²) in [6.45, 7) is 2.75. The lowest BCUT2D eigenvalue weighted by atomic mass is 10.0. The molecule has 1 unspecified atom stereocenters. The van der Waals surface area contributed by atoms with Gasteiger partial charge in [-0.05, 0) is 49.6 Å². The first-order valence-corrected chi connectivity index (χ1v) is 11.6. The molecule has 1 aliphatic heterocycles. The summed E-state index contributed by atoms with van der Waals surface area (Å²) < 4.78 is 29.8. The summed E-state index contributed by atoms with van der Waals surface area (Å²) in [6, 6.07) is 10.8. The Morgan fingerprint density at radius 3 is 2.61 bits per heavy atom. The maximum atomic E-state index is 12.6. The number of benzene rings is 2. The van der Waals surface area contributed by atoms with Crippen LogP contribution < -0.4 is 15.8 Å². The lowest BCUT2D eigenvalue weighted by molar-refractivity contribution is -0.115. The summed E-state index contributed by atoms with van der Waals surface area (Å²) in [4.78, 5) is 24.6. The number of carbonyl (C=O) groups is 2. The third-order valence-corrected chi connectivity index (χ3v) is 6.37. The van der Waals surface area contributed by atoms with Crippen LogP contribution in [0.15, 0.2) is 47.4 Å². The molecule has 2 aromatic carbocycles. The zero-order valence-electron chi connectivity index (χ0n) is 17.0. The van der Waals surface area contributed by atoms with Gasteiger partial charge in [-0.2, -0.15) is 0 Å². The maximum absolute atomic E-state index is 12.6. The van der Waals surface area contributed by atoms with E-state index in [-0.39, 0.29) is 29.1 Å². The van der Waals surface area contributed by atoms with Crippen LogP contribution in [0, 0.1) is 0 Å².